The van der Waals surface area contributed by atoms with E-state index in [0.717, 1.165) is 20.8 Å². The average Bonchev–Trinajstić information content (AvgIpc) is 2.63. The number of rotatable bonds is 8. The summed E-state index contributed by atoms with van der Waals surface area (Å²) in [5.41, 5.74) is 5.80. The van der Waals surface area contributed by atoms with Crippen LogP contribution in [0.4, 0.5) is 0 Å². The van der Waals surface area contributed by atoms with Crippen LogP contribution in [0.2, 0.25) is 0 Å². The van der Waals surface area contributed by atoms with Gasteiger partial charge in [-0.3, -0.25) is 9.59 Å². The van der Waals surface area contributed by atoms with Crippen molar-refractivity contribution in [1.29, 1.82) is 0 Å². The number of primary amides is 1. The van der Waals surface area contributed by atoms with Crippen LogP contribution in [0.15, 0.2) is 34.8 Å². The Morgan fingerprint density at radius 3 is 2.56 bits per heavy atom. The van der Waals surface area contributed by atoms with Crippen molar-refractivity contribution in [1.82, 2.24) is 5.32 Å². The second-order valence-electron chi connectivity index (χ2n) is 6.19. The quantitative estimate of drug-likeness (QED) is 0.587. The lowest BCUT2D eigenvalue weighted by Gasteiger charge is -2.18. The van der Waals surface area contributed by atoms with Gasteiger partial charge in [0.05, 0.1) is 17.5 Å². The van der Waals surface area contributed by atoms with Crippen molar-refractivity contribution in [2.75, 3.05) is 7.11 Å². The molecular weight excluding hydrogens is 416 g/mol. The fraction of sp³-hybridized carbons (Fsp3) is 0.316. The molecule has 0 aliphatic heterocycles. The van der Waals surface area contributed by atoms with Gasteiger partial charge >= 0.3 is 5.97 Å². The second-order valence-corrected chi connectivity index (χ2v) is 6.98. The molecule has 7 nitrogen and oxygen atoms in total. The van der Waals surface area contributed by atoms with Crippen LogP contribution in [0, 0.1) is 0 Å². The summed E-state index contributed by atoms with van der Waals surface area (Å²) < 4.78 is 6.10. The smallest absolute Gasteiger partial charge is 0.326 e. The molecule has 27 heavy (non-hydrogen) atoms. The first-order valence-electron chi connectivity index (χ1n) is 8.32. The zero-order chi connectivity index (χ0) is 20.1. The second kappa shape index (κ2) is 8.85. The van der Waals surface area contributed by atoms with E-state index in [1.165, 1.54) is 0 Å². The number of hydrogen-bond acceptors (Lipinski definition) is 4. The molecule has 0 aromatic heterocycles. The van der Waals surface area contributed by atoms with Crippen LogP contribution in [0.3, 0.4) is 0 Å². The van der Waals surface area contributed by atoms with E-state index >= 15 is 0 Å². The number of carboxylic acids is 1. The first-order chi connectivity index (χ1) is 12.7. The molecule has 4 N–H and O–H groups in total. The van der Waals surface area contributed by atoms with Gasteiger partial charge in [-0.1, -0.05) is 24.3 Å². The Morgan fingerprint density at radius 1 is 1.26 bits per heavy atom. The molecule has 2 atom stereocenters. The van der Waals surface area contributed by atoms with Gasteiger partial charge in [0.1, 0.15) is 11.8 Å². The number of fused-ring (bicyclic) bond motifs is 1. The third kappa shape index (κ3) is 4.97. The molecule has 0 heterocycles. The van der Waals surface area contributed by atoms with E-state index < -0.39 is 29.7 Å². The van der Waals surface area contributed by atoms with Crippen molar-refractivity contribution in [3.05, 3.63) is 40.4 Å². The molecule has 0 fully saturated rings. The first kappa shape index (κ1) is 20.7. The molecule has 0 bridgehead atoms. The highest BCUT2D eigenvalue weighted by molar-refractivity contribution is 9.10. The summed E-state index contributed by atoms with van der Waals surface area (Å²) in [7, 11) is 1.59. The molecule has 2 amide bonds. The van der Waals surface area contributed by atoms with Crippen molar-refractivity contribution in [3.8, 4) is 5.75 Å². The molecule has 1 unspecified atom stereocenters. The van der Waals surface area contributed by atoms with Crippen LogP contribution in [0.5, 0.6) is 5.75 Å². The fourth-order valence-electron chi connectivity index (χ4n) is 2.71. The Morgan fingerprint density at radius 2 is 1.96 bits per heavy atom. The van der Waals surface area contributed by atoms with Crippen molar-refractivity contribution >= 4 is 44.5 Å². The average molecular weight is 437 g/mol. The monoisotopic (exact) mass is 436 g/mol. The van der Waals surface area contributed by atoms with E-state index in [2.05, 4.69) is 21.2 Å². The predicted octanol–water partition coefficient (Wildman–Crippen LogP) is 2.55. The minimum atomic E-state index is -1.20. The lowest BCUT2D eigenvalue weighted by Crippen LogP contribution is -2.43. The minimum absolute atomic E-state index is 0.0480. The number of methoxy groups -OCH3 is 1. The van der Waals surface area contributed by atoms with Crippen LogP contribution in [0.25, 0.3) is 10.8 Å². The maximum absolute atomic E-state index is 12.5. The normalized spacial score (nSPS) is 13.0. The number of ether oxygens (including phenoxy) is 1. The number of amides is 2. The molecule has 8 heteroatoms. The van der Waals surface area contributed by atoms with Crippen LogP contribution in [-0.2, 0) is 14.4 Å². The van der Waals surface area contributed by atoms with Crippen LogP contribution >= 0.6 is 15.9 Å². The molecule has 2 rings (SSSR count). The van der Waals surface area contributed by atoms with Gasteiger partial charge in [0, 0.05) is 6.42 Å². The fourth-order valence-corrected chi connectivity index (χ4v) is 3.36. The molecule has 2 aromatic rings. The molecule has 0 aliphatic carbocycles. The summed E-state index contributed by atoms with van der Waals surface area (Å²) in [6.07, 6.45) is -0.162. The molecule has 0 aliphatic rings. The highest BCUT2D eigenvalue weighted by atomic mass is 79.9. The van der Waals surface area contributed by atoms with Gasteiger partial charge in [0.15, 0.2) is 0 Å². The summed E-state index contributed by atoms with van der Waals surface area (Å²) in [6, 6.07) is 8.12. The topological polar surface area (TPSA) is 119 Å². The minimum Gasteiger partial charge on any atom is -0.496 e. The molecular formula is C19H21BrN2O5. The number of nitrogens with one attached hydrogen (secondary N) is 1. The highest BCUT2D eigenvalue weighted by Crippen LogP contribution is 2.34. The lowest BCUT2D eigenvalue weighted by molar-refractivity contribution is -0.142. The summed E-state index contributed by atoms with van der Waals surface area (Å²) in [5, 5.41) is 13.6. The Labute approximate surface area is 165 Å². The summed E-state index contributed by atoms with van der Waals surface area (Å²) >= 11 is 3.50. The van der Waals surface area contributed by atoms with Gasteiger partial charge < -0.3 is 20.9 Å². The van der Waals surface area contributed by atoms with Gasteiger partial charge in [-0.15, -0.1) is 0 Å². The largest absolute Gasteiger partial charge is 0.496 e. The van der Waals surface area contributed by atoms with Crippen LogP contribution < -0.4 is 15.8 Å². The number of halogens is 1. The number of carboxylic acid groups (broad SMARTS) is 1. The van der Waals surface area contributed by atoms with Crippen LogP contribution in [0.1, 0.15) is 31.2 Å². The highest BCUT2D eigenvalue weighted by Gasteiger charge is 2.24. The molecule has 0 radical (unpaired) electrons. The molecule has 144 valence electrons. The predicted molar refractivity (Wildman–Crippen MR) is 105 cm³/mol. The van der Waals surface area contributed by atoms with Crippen molar-refractivity contribution in [3.63, 3.8) is 0 Å². The summed E-state index contributed by atoms with van der Waals surface area (Å²) in [4.78, 5) is 34.7. The Kier molecular flexibility index (Phi) is 6.79. The number of carbonyl (C=O) groups excluding carboxylic acids is 2. The van der Waals surface area contributed by atoms with E-state index in [4.69, 9.17) is 10.5 Å². The maximum atomic E-state index is 12.5. The van der Waals surface area contributed by atoms with Gasteiger partial charge in [0.25, 0.3) is 0 Å². The van der Waals surface area contributed by atoms with E-state index in [1.807, 2.05) is 30.3 Å². The zero-order valence-electron chi connectivity index (χ0n) is 15.0. The SMILES string of the molecule is COc1ccc2cc(C(C)C(=O)N[C@H](CCC(N)=O)C(=O)O)ccc2c1Br. The number of aliphatic carboxylic acids is 1. The third-order valence-corrected chi connectivity index (χ3v) is 5.17. The van der Waals surface area contributed by atoms with E-state index in [-0.39, 0.29) is 12.8 Å². The molecule has 0 saturated carbocycles. The van der Waals surface area contributed by atoms with Crippen LogP contribution in [-0.4, -0.2) is 36.0 Å². The van der Waals surface area contributed by atoms with Crippen molar-refractivity contribution in [2.24, 2.45) is 5.73 Å². The number of hydrogen-bond donors (Lipinski definition) is 3. The number of nitrogens with two attached hydrogens (primary N) is 1. The molecule has 2 aromatic carbocycles. The Bertz CT molecular complexity index is 884. The summed E-state index contributed by atoms with van der Waals surface area (Å²) in [5.74, 6) is -2.10. The van der Waals surface area contributed by atoms with Gasteiger partial charge in [-0.2, -0.15) is 0 Å². The van der Waals surface area contributed by atoms with Gasteiger partial charge in [-0.05, 0) is 51.7 Å². The third-order valence-electron chi connectivity index (χ3n) is 4.35. The summed E-state index contributed by atoms with van der Waals surface area (Å²) in [6.45, 7) is 1.70. The molecule has 0 spiro atoms. The van der Waals surface area contributed by atoms with Gasteiger partial charge in [0.2, 0.25) is 11.8 Å². The van der Waals surface area contributed by atoms with Crippen molar-refractivity contribution < 1.29 is 24.2 Å². The zero-order valence-corrected chi connectivity index (χ0v) is 16.6. The lowest BCUT2D eigenvalue weighted by atomic mass is 9.96. The standard InChI is InChI=1S/C19H21BrN2O5/c1-10(18(24)22-14(19(25)26)6-8-16(21)23)11-3-5-13-12(9-11)4-7-15(27-2)17(13)20/h3-5,7,9-10,14H,6,8H2,1-2H3,(H2,21,23)(H,22,24)(H,25,26)/t10?,14-/m1/s1. The Hall–Kier alpha value is -2.61. The van der Waals surface area contributed by atoms with E-state index in [0.29, 0.717) is 5.75 Å². The number of benzene rings is 2. The van der Waals surface area contributed by atoms with E-state index in [1.54, 1.807) is 14.0 Å². The van der Waals surface area contributed by atoms with Gasteiger partial charge in [-0.25, -0.2) is 4.79 Å². The van der Waals surface area contributed by atoms with E-state index in [9.17, 15) is 19.5 Å². The molecule has 0 saturated heterocycles. The first-order valence-corrected chi connectivity index (χ1v) is 9.11. The van der Waals surface area contributed by atoms with Crippen molar-refractivity contribution in [2.45, 2.75) is 31.7 Å². The maximum Gasteiger partial charge on any atom is 0.326 e. The number of carbonyl (C=O) groups is 3. The Balaban J connectivity index is 2.20.